The maximum Gasteiger partial charge on any atom is 0.124 e. The van der Waals surface area contributed by atoms with E-state index < -0.39 is 0 Å². The fourth-order valence-corrected chi connectivity index (χ4v) is 2.97. The molecule has 1 aromatic carbocycles. The molecular weight excluding hydrogens is 281 g/mol. The van der Waals surface area contributed by atoms with Gasteiger partial charge in [0, 0.05) is 16.2 Å². The number of anilines is 1. The number of hydrogen-bond donors (Lipinski definition) is 1. The topological polar surface area (TPSA) is 12.0 Å². The fraction of sp³-hybridized carbons (Fsp3) is 0.571. The molecule has 3 unspecified atom stereocenters. The molecule has 17 heavy (non-hydrogen) atoms. The Bertz CT molecular complexity index is 394. The van der Waals surface area contributed by atoms with Gasteiger partial charge in [-0.05, 0) is 65.2 Å². The number of rotatable bonds is 2. The van der Waals surface area contributed by atoms with Crippen LogP contribution in [0, 0.1) is 17.7 Å². The van der Waals surface area contributed by atoms with Crippen LogP contribution in [0.25, 0.3) is 0 Å². The van der Waals surface area contributed by atoms with E-state index in [0.717, 1.165) is 22.0 Å². The highest BCUT2D eigenvalue weighted by atomic mass is 79.9. The summed E-state index contributed by atoms with van der Waals surface area (Å²) >= 11 is 3.40. The first-order chi connectivity index (χ1) is 8.06. The van der Waals surface area contributed by atoms with Crippen LogP contribution in [0.4, 0.5) is 10.1 Å². The lowest BCUT2D eigenvalue weighted by Crippen LogP contribution is -2.30. The van der Waals surface area contributed by atoms with Crippen LogP contribution in [-0.4, -0.2) is 6.04 Å². The van der Waals surface area contributed by atoms with Crippen molar-refractivity contribution in [2.24, 2.45) is 11.8 Å². The van der Waals surface area contributed by atoms with Gasteiger partial charge in [0.25, 0.3) is 0 Å². The summed E-state index contributed by atoms with van der Waals surface area (Å²) in [5, 5.41) is 3.51. The van der Waals surface area contributed by atoms with Gasteiger partial charge in [0.15, 0.2) is 0 Å². The third kappa shape index (κ3) is 3.21. The van der Waals surface area contributed by atoms with Crippen molar-refractivity contribution in [3.63, 3.8) is 0 Å². The standard InChI is InChI=1S/C14H19BrFN/c1-9-3-5-12(7-10(9)2)17-14-6-4-11(16)8-13(14)15/h4,6,8-10,12,17H,3,5,7H2,1-2H3. The molecule has 1 fully saturated rings. The molecule has 94 valence electrons. The third-order valence-corrected chi connectivity index (χ3v) is 4.55. The zero-order valence-corrected chi connectivity index (χ0v) is 11.9. The number of benzene rings is 1. The summed E-state index contributed by atoms with van der Waals surface area (Å²) in [6, 6.07) is 5.34. The predicted molar refractivity (Wildman–Crippen MR) is 73.7 cm³/mol. The van der Waals surface area contributed by atoms with E-state index in [1.165, 1.54) is 31.4 Å². The molecule has 0 radical (unpaired) electrons. The lowest BCUT2D eigenvalue weighted by Gasteiger charge is -2.33. The SMILES string of the molecule is CC1CCC(Nc2ccc(F)cc2Br)CC1C. The number of hydrogen-bond acceptors (Lipinski definition) is 1. The molecule has 1 aliphatic carbocycles. The molecule has 1 saturated carbocycles. The zero-order valence-electron chi connectivity index (χ0n) is 10.3. The third-order valence-electron chi connectivity index (χ3n) is 3.89. The van der Waals surface area contributed by atoms with Gasteiger partial charge in [0.2, 0.25) is 0 Å². The highest BCUT2D eigenvalue weighted by Gasteiger charge is 2.24. The highest BCUT2D eigenvalue weighted by molar-refractivity contribution is 9.10. The summed E-state index contributed by atoms with van der Waals surface area (Å²) in [7, 11) is 0. The van der Waals surface area contributed by atoms with Crippen molar-refractivity contribution in [2.45, 2.75) is 39.2 Å². The molecule has 1 N–H and O–H groups in total. The molecule has 0 aromatic heterocycles. The van der Waals surface area contributed by atoms with Crippen LogP contribution < -0.4 is 5.32 Å². The van der Waals surface area contributed by atoms with Crippen molar-refractivity contribution in [3.05, 3.63) is 28.5 Å². The van der Waals surface area contributed by atoms with Gasteiger partial charge in [-0.25, -0.2) is 4.39 Å². The average Bonchev–Trinajstić information content (AvgIpc) is 2.27. The van der Waals surface area contributed by atoms with Crippen molar-refractivity contribution in [3.8, 4) is 0 Å². The summed E-state index contributed by atoms with van der Waals surface area (Å²) in [6.45, 7) is 4.65. The van der Waals surface area contributed by atoms with Crippen LogP contribution in [0.2, 0.25) is 0 Å². The Morgan fingerprint density at radius 3 is 2.65 bits per heavy atom. The van der Waals surface area contributed by atoms with Crippen molar-refractivity contribution >= 4 is 21.6 Å². The van der Waals surface area contributed by atoms with Gasteiger partial charge in [-0.1, -0.05) is 13.8 Å². The van der Waals surface area contributed by atoms with Gasteiger partial charge in [0.05, 0.1) is 0 Å². The Kier molecular flexibility index (Phi) is 4.08. The maximum atomic E-state index is 13.0. The van der Waals surface area contributed by atoms with Crippen LogP contribution in [0.5, 0.6) is 0 Å². The van der Waals surface area contributed by atoms with E-state index in [4.69, 9.17) is 0 Å². The van der Waals surface area contributed by atoms with E-state index in [1.54, 1.807) is 0 Å². The molecule has 3 atom stereocenters. The molecule has 0 aliphatic heterocycles. The normalized spacial score (nSPS) is 29.1. The quantitative estimate of drug-likeness (QED) is 0.825. The second-order valence-electron chi connectivity index (χ2n) is 5.23. The molecule has 1 nitrogen and oxygen atoms in total. The van der Waals surface area contributed by atoms with Crippen LogP contribution in [0.3, 0.4) is 0 Å². The monoisotopic (exact) mass is 299 g/mol. The lowest BCUT2D eigenvalue weighted by atomic mass is 9.79. The largest absolute Gasteiger partial charge is 0.381 e. The van der Waals surface area contributed by atoms with Gasteiger partial charge in [-0.3, -0.25) is 0 Å². The van der Waals surface area contributed by atoms with E-state index >= 15 is 0 Å². The minimum Gasteiger partial charge on any atom is -0.381 e. The number of nitrogens with one attached hydrogen (secondary N) is 1. The first kappa shape index (κ1) is 12.9. The van der Waals surface area contributed by atoms with Crippen LogP contribution in [0.15, 0.2) is 22.7 Å². The van der Waals surface area contributed by atoms with Gasteiger partial charge in [-0.15, -0.1) is 0 Å². The molecule has 1 aliphatic rings. The predicted octanol–water partition coefficient (Wildman–Crippen LogP) is 4.82. The van der Waals surface area contributed by atoms with Gasteiger partial charge >= 0.3 is 0 Å². The minimum atomic E-state index is -0.201. The molecule has 0 heterocycles. The fourth-order valence-electron chi connectivity index (χ4n) is 2.51. The van der Waals surface area contributed by atoms with Gasteiger partial charge in [0.1, 0.15) is 5.82 Å². The van der Waals surface area contributed by atoms with E-state index in [2.05, 4.69) is 35.1 Å². The van der Waals surface area contributed by atoms with Crippen molar-refractivity contribution in [2.75, 3.05) is 5.32 Å². The van der Waals surface area contributed by atoms with E-state index in [1.807, 2.05) is 6.07 Å². The minimum absolute atomic E-state index is 0.201. The summed E-state index contributed by atoms with van der Waals surface area (Å²) in [6.07, 6.45) is 3.68. The molecule has 0 saturated heterocycles. The molecular formula is C14H19BrFN. The molecule has 1 aromatic rings. The van der Waals surface area contributed by atoms with Crippen LogP contribution in [-0.2, 0) is 0 Å². The maximum absolute atomic E-state index is 13.0. The number of halogens is 2. The van der Waals surface area contributed by atoms with E-state index in [-0.39, 0.29) is 5.82 Å². The Morgan fingerprint density at radius 1 is 1.24 bits per heavy atom. The van der Waals surface area contributed by atoms with Gasteiger partial charge < -0.3 is 5.32 Å². The van der Waals surface area contributed by atoms with Crippen LogP contribution in [0.1, 0.15) is 33.1 Å². The second kappa shape index (κ2) is 5.38. The lowest BCUT2D eigenvalue weighted by molar-refractivity contribution is 0.261. The molecule has 0 amide bonds. The molecule has 3 heteroatoms. The summed E-state index contributed by atoms with van der Waals surface area (Å²) in [5.74, 6) is 1.39. The highest BCUT2D eigenvalue weighted by Crippen LogP contribution is 2.32. The molecule has 0 bridgehead atoms. The zero-order chi connectivity index (χ0) is 12.4. The molecule has 0 spiro atoms. The average molecular weight is 300 g/mol. The Morgan fingerprint density at radius 2 is 2.00 bits per heavy atom. The first-order valence-corrected chi connectivity index (χ1v) is 7.07. The van der Waals surface area contributed by atoms with Crippen molar-refractivity contribution in [1.29, 1.82) is 0 Å². The van der Waals surface area contributed by atoms with E-state index in [9.17, 15) is 4.39 Å². The smallest absolute Gasteiger partial charge is 0.124 e. The van der Waals surface area contributed by atoms with Crippen molar-refractivity contribution in [1.82, 2.24) is 0 Å². The molecule has 2 rings (SSSR count). The summed E-state index contributed by atoms with van der Waals surface area (Å²) < 4.78 is 13.8. The Labute approximate surface area is 111 Å². The Hall–Kier alpha value is -0.570. The van der Waals surface area contributed by atoms with Crippen LogP contribution >= 0.6 is 15.9 Å². The second-order valence-corrected chi connectivity index (χ2v) is 6.09. The van der Waals surface area contributed by atoms with Crippen molar-refractivity contribution < 1.29 is 4.39 Å². The summed E-state index contributed by atoms with van der Waals surface area (Å²) in [4.78, 5) is 0. The van der Waals surface area contributed by atoms with E-state index in [0.29, 0.717) is 6.04 Å². The first-order valence-electron chi connectivity index (χ1n) is 6.28. The Balaban J connectivity index is 2.01. The summed E-state index contributed by atoms with van der Waals surface area (Å²) in [5.41, 5.74) is 0.998. The van der Waals surface area contributed by atoms with Gasteiger partial charge in [-0.2, -0.15) is 0 Å².